The molecule has 0 spiro atoms. The van der Waals surface area contributed by atoms with Crippen LogP contribution in [0.3, 0.4) is 0 Å². The number of carbonyl (C=O) groups is 1. The van der Waals surface area contributed by atoms with Gasteiger partial charge in [-0.15, -0.1) is 0 Å². The summed E-state index contributed by atoms with van der Waals surface area (Å²) in [5.41, 5.74) is 2.00. The molecule has 1 aromatic rings. The van der Waals surface area contributed by atoms with Gasteiger partial charge in [-0.1, -0.05) is 32.9 Å². The van der Waals surface area contributed by atoms with E-state index in [0.29, 0.717) is 5.92 Å². The Morgan fingerprint density at radius 3 is 2.52 bits per heavy atom. The maximum Gasteiger partial charge on any atom is 0.319 e. The summed E-state index contributed by atoms with van der Waals surface area (Å²) in [5, 5.41) is 9.29. The number of hydrogen-bond donors (Lipinski definition) is 3. The average Bonchev–Trinajstić information content (AvgIpc) is 2.44. The largest absolute Gasteiger partial charge is 0.335 e. The van der Waals surface area contributed by atoms with Crippen molar-refractivity contribution in [2.45, 2.75) is 53.1 Å². The van der Waals surface area contributed by atoms with Crippen LogP contribution in [0.1, 0.15) is 52.6 Å². The molecule has 118 valence electrons. The van der Waals surface area contributed by atoms with Crippen molar-refractivity contribution >= 4 is 11.7 Å². The molecule has 2 atom stereocenters. The molecule has 4 heteroatoms. The maximum atomic E-state index is 11.9. The molecule has 1 aromatic carbocycles. The quantitative estimate of drug-likeness (QED) is 0.713. The highest BCUT2D eigenvalue weighted by Crippen LogP contribution is 2.17. The second-order valence-electron chi connectivity index (χ2n) is 5.93. The molecule has 3 N–H and O–H groups in total. The minimum Gasteiger partial charge on any atom is -0.335 e. The zero-order valence-electron chi connectivity index (χ0n) is 13.9. The summed E-state index contributed by atoms with van der Waals surface area (Å²) in [4.78, 5) is 11.9. The van der Waals surface area contributed by atoms with E-state index in [9.17, 15) is 4.79 Å². The topological polar surface area (TPSA) is 53.2 Å². The van der Waals surface area contributed by atoms with Gasteiger partial charge in [-0.3, -0.25) is 0 Å². The van der Waals surface area contributed by atoms with Crippen LogP contribution in [-0.4, -0.2) is 18.6 Å². The molecule has 0 aliphatic rings. The summed E-state index contributed by atoms with van der Waals surface area (Å²) >= 11 is 0. The smallest absolute Gasteiger partial charge is 0.319 e. The zero-order valence-corrected chi connectivity index (χ0v) is 13.9. The maximum absolute atomic E-state index is 11.9. The lowest BCUT2D eigenvalue weighted by molar-refractivity contribution is 0.246. The number of anilines is 1. The Hall–Kier alpha value is -1.55. The number of benzene rings is 1. The van der Waals surface area contributed by atoms with Crippen LogP contribution in [-0.2, 0) is 0 Å². The predicted molar refractivity (Wildman–Crippen MR) is 89.6 cm³/mol. The van der Waals surface area contributed by atoms with Crippen LogP contribution < -0.4 is 16.0 Å². The first-order chi connectivity index (χ1) is 9.93. The molecule has 0 heterocycles. The third kappa shape index (κ3) is 6.17. The van der Waals surface area contributed by atoms with Gasteiger partial charge in [0.1, 0.15) is 0 Å². The van der Waals surface area contributed by atoms with E-state index >= 15 is 0 Å². The molecule has 0 fully saturated rings. The van der Waals surface area contributed by atoms with E-state index in [1.54, 1.807) is 0 Å². The molecular formula is C17H29N3O. The highest BCUT2D eigenvalue weighted by molar-refractivity contribution is 5.89. The van der Waals surface area contributed by atoms with E-state index in [0.717, 1.165) is 18.7 Å². The van der Waals surface area contributed by atoms with Gasteiger partial charge in [0, 0.05) is 17.8 Å². The third-order valence-corrected chi connectivity index (χ3v) is 3.70. The Balaban J connectivity index is 2.61. The molecule has 0 radical (unpaired) electrons. The van der Waals surface area contributed by atoms with Gasteiger partial charge in [-0.05, 0) is 50.4 Å². The van der Waals surface area contributed by atoms with Crippen molar-refractivity contribution in [3.05, 3.63) is 29.8 Å². The lowest BCUT2D eigenvalue weighted by atomic mass is 10.1. The molecular weight excluding hydrogens is 262 g/mol. The fourth-order valence-corrected chi connectivity index (χ4v) is 1.91. The van der Waals surface area contributed by atoms with E-state index in [-0.39, 0.29) is 18.1 Å². The molecule has 0 aliphatic carbocycles. The van der Waals surface area contributed by atoms with Gasteiger partial charge in [0.25, 0.3) is 0 Å². The fourth-order valence-electron chi connectivity index (χ4n) is 1.91. The van der Waals surface area contributed by atoms with Crippen molar-refractivity contribution in [2.75, 3.05) is 11.9 Å². The second-order valence-corrected chi connectivity index (χ2v) is 5.93. The van der Waals surface area contributed by atoms with Crippen LogP contribution in [0.4, 0.5) is 10.5 Å². The van der Waals surface area contributed by atoms with Crippen molar-refractivity contribution in [1.82, 2.24) is 10.6 Å². The lowest BCUT2D eigenvalue weighted by Gasteiger charge is -2.18. The van der Waals surface area contributed by atoms with Crippen molar-refractivity contribution < 1.29 is 4.79 Å². The van der Waals surface area contributed by atoms with Crippen LogP contribution >= 0.6 is 0 Å². The number of nitrogens with one attached hydrogen (secondary N) is 3. The SMILES string of the molecule is CCCNC(C)c1cccc(NC(=O)NC(C)C(C)C)c1. The molecule has 2 unspecified atom stereocenters. The van der Waals surface area contributed by atoms with Crippen molar-refractivity contribution in [3.63, 3.8) is 0 Å². The van der Waals surface area contributed by atoms with Gasteiger partial charge in [0.05, 0.1) is 0 Å². The highest BCUT2D eigenvalue weighted by Gasteiger charge is 2.11. The highest BCUT2D eigenvalue weighted by atomic mass is 16.2. The van der Waals surface area contributed by atoms with Crippen LogP contribution in [0, 0.1) is 5.92 Å². The third-order valence-electron chi connectivity index (χ3n) is 3.70. The Kier molecular flexibility index (Phi) is 7.23. The van der Waals surface area contributed by atoms with Crippen molar-refractivity contribution in [1.29, 1.82) is 0 Å². The summed E-state index contributed by atoms with van der Waals surface area (Å²) in [7, 11) is 0. The van der Waals surface area contributed by atoms with Crippen LogP contribution in [0.25, 0.3) is 0 Å². The summed E-state index contributed by atoms with van der Waals surface area (Å²) in [6.45, 7) is 11.5. The van der Waals surface area contributed by atoms with Crippen LogP contribution in [0.2, 0.25) is 0 Å². The van der Waals surface area contributed by atoms with E-state index in [1.165, 1.54) is 5.56 Å². The number of rotatable bonds is 7. The standard InChI is InChI=1S/C17H29N3O/c1-6-10-18-14(5)15-8-7-9-16(11-15)20-17(21)19-13(4)12(2)3/h7-9,11-14,18H,6,10H2,1-5H3,(H2,19,20,21). The predicted octanol–water partition coefficient (Wildman–Crippen LogP) is 3.91. The summed E-state index contributed by atoms with van der Waals surface area (Å²) in [5.74, 6) is 0.417. The fraction of sp³-hybridized carbons (Fsp3) is 0.588. The van der Waals surface area contributed by atoms with Gasteiger partial charge in [-0.2, -0.15) is 0 Å². The minimum absolute atomic E-state index is 0.150. The lowest BCUT2D eigenvalue weighted by Crippen LogP contribution is -2.39. The number of carbonyl (C=O) groups excluding carboxylic acids is 1. The van der Waals surface area contributed by atoms with Crippen LogP contribution in [0.5, 0.6) is 0 Å². The minimum atomic E-state index is -0.150. The molecule has 4 nitrogen and oxygen atoms in total. The molecule has 0 bridgehead atoms. The van der Waals surface area contributed by atoms with Gasteiger partial charge in [0.2, 0.25) is 0 Å². The summed E-state index contributed by atoms with van der Waals surface area (Å²) < 4.78 is 0. The van der Waals surface area contributed by atoms with Gasteiger partial charge >= 0.3 is 6.03 Å². The first-order valence-corrected chi connectivity index (χ1v) is 7.84. The molecule has 0 saturated heterocycles. The Labute approximate surface area is 128 Å². The molecule has 0 aliphatic heterocycles. The van der Waals surface area contributed by atoms with Crippen LogP contribution in [0.15, 0.2) is 24.3 Å². The molecule has 2 amide bonds. The van der Waals surface area contributed by atoms with Gasteiger partial charge in [0.15, 0.2) is 0 Å². The van der Waals surface area contributed by atoms with E-state index in [1.807, 2.05) is 25.1 Å². The van der Waals surface area contributed by atoms with Gasteiger partial charge in [-0.25, -0.2) is 4.79 Å². The number of urea groups is 1. The second kappa shape index (κ2) is 8.67. The Morgan fingerprint density at radius 2 is 1.90 bits per heavy atom. The van der Waals surface area contributed by atoms with E-state index in [4.69, 9.17) is 0 Å². The first kappa shape index (κ1) is 17.5. The zero-order chi connectivity index (χ0) is 15.8. The number of amides is 2. The van der Waals surface area contributed by atoms with Crippen molar-refractivity contribution in [2.24, 2.45) is 5.92 Å². The first-order valence-electron chi connectivity index (χ1n) is 7.84. The monoisotopic (exact) mass is 291 g/mol. The van der Waals surface area contributed by atoms with E-state index < -0.39 is 0 Å². The Bertz CT molecular complexity index is 445. The summed E-state index contributed by atoms with van der Waals surface area (Å²) in [6, 6.07) is 8.27. The van der Waals surface area contributed by atoms with Crippen molar-refractivity contribution in [3.8, 4) is 0 Å². The Morgan fingerprint density at radius 1 is 1.19 bits per heavy atom. The van der Waals surface area contributed by atoms with E-state index in [2.05, 4.69) is 49.7 Å². The average molecular weight is 291 g/mol. The molecule has 1 rings (SSSR count). The molecule has 21 heavy (non-hydrogen) atoms. The molecule has 0 aromatic heterocycles. The number of hydrogen-bond acceptors (Lipinski definition) is 2. The summed E-state index contributed by atoms with van der Waals surface area (Å²) in [6.07, 6.45) is 1.11. The normalized spacial score (nSPS) is 13.8. The molecule has 0 saturated carbocycles. The van der Waals surface area contributed by atoms with Gasteiger partial charge < -0.3 is 16.0 Å².